The van der Waals surface area contributed by atoms with Gasteiger partial charge in [-0.25, -0.2) is 0 Å². The smallest absolute Gasteiger partial charge is 0.244 e. The second kappa shape index (κ2) is 8.76. The van der Waals surface area contributed by atoms with Crippen LogP contribution in [0.2, 0.25) is 0 Å². The van der Waals surface area contributed by atoms with Gasteiger partial charge in [0.05, 0.1) is 17.4 Å². The number of carbonyl (C=O) groups is 1. The number of rotatable bonds is 5. The van der Waals surface area contributed by atoms with Crippen LogP contribution in [0.4, 0.5) is 11.4 Å². The van der Waals surface area contributed by atoms with Crippen LogP contribution in [0.25, 0.3) is 0 Å². The summed E-state index contributed by atoms with van der Waals surface area (Å²) < 4.78 is 0. The third-order valence-electron chi connectivity index (χ3n) is 4.47. The molecule has 1 aromatic rings. The van der Waals surface area contributed by atoms with Crippen molar-refractivity contribution < 1.29 is 4.79 Å². The molecule has 2 aliphatic rings. The molecule has 1 fully saturated rings. The van der Waals surface area contributed by atoms with Crippen molar-refractivity contribution in [3.8, 4) is 0 Å². The molecule has 1 saturated carbocycles. The first-order valence-corrected chi connectivity index (χ1v) is 8.11. The third kappa shape index (κ3) is 4.52. The zero-order chi connectivity index (χ0) is 14.8. The van der Waals surface area contributed by atoms with Crippen LogP contribution < -0.4 is 15.5 Å². The molecule has 1 heterocycles. The lowest BCUT2D eigenvalue weighted by Gasteiger charge is -2.38. The van der Waals surface area contributed by atoms with Crippen molar-refractivity contribution in [2.45, 2.75) is 38.6 Å². The predicted octanol–water partition coefficient (Wildman–Crippen LogP) is 3.22. The highest BCUT2D eigenvalue weighted by Gasteiger charge is 2.32. The van der Waals surface area contributed by atoms with Crippen molar-refractivity contribution in [3.63, 3.8) is 0 Å². The molecular formula is C17H27Cl2N3O. The number of anilines is 2. The zero-order valence-electron chi connectivity index (χ0n) is 13.6. The lowest BCUT2D eigenvalue weighted by molar-refractivity contribution is -0.120. The number of hydrogen-bond acceptors (Lipinski definition) is 3. The molecule has 1 unspecified atom stereocenters. The number of halogens is 2. The summed E-state index contributed by atoms with van der Waals surface area (Å²) in [6.45, 7) is 4.85. The van der Waals surface area contributed by atoms with Gasteiger partial charge in [-0.1, -0.05) is 25.5 Å². The maximum absolute atomic E-state index is 12.6. The lowest BCUT2D eigenvalue weighted by Crippen LogP contribution is -2.50. The Hall–Kier alpha value is -0.970. The zero-order valence-corrected chi connectivity index (χ0v) is 15.2. The first-order chi connectivity index (χ1) is 10.2. The summed E-state index contributed by atoms with van der Waals surface area (Å²) in [5.41, 5.74) is 8.25. The third-order valence-corrected chi connectivity index (χ3v) is 4.47. The van der Waals surface area contributed by atoms with Gasteiger partial charge in [0.25, 0.3) is 0 Å². The number of para-hydroxylation sites is 2. The number of amides is 1. The fourth-order valence-corrected chi connectivity index (χ4v) is 3.09. The fourth-order valence-electron chi connectivity index (χ4n) is 3.09. The van der Waals surface area contributed by atoms with E-state index >= 15 is 0 Å². The quantitative estimate of drug-likeness (QED) is 0.877. The SMILES string of the molecule is CCCC(N)C(=O)N1CCN(CC2CC2)c2ccccc21.Cl.Cl. The molecule has 1 amide bonds. The molecule has 6 heteroatoms. The number of benzene rings is 1. The highest BCUT2D eigenvalue weighted by atomic mass is 35.5. The molecule has 4 nitrogen and oxygen atoms in total. The summed E-state index contributed by atoms with van der Waals surface area (Å²) in [5.74, 6) is 0.915. The number of nitrogens with zero attached hydrogens (tertiary/aromatic N) is 2. The van der Waals surface area contributed by atoms with Crippen LogP contribution in [0.1, 0.15) is 32.6 Å². The van der Waals surface area contributed by atoms with Gasteiger partial charge in [0, 0.05) is 19.6 Å². The van der Waals surface area contributed by atoms with Gasteiger partial charge in [-0.05, 0) is 37.3 Å². The van der Waals surface area contributed by atoms with Crippen LogP contribution in [0.5, 0.6) is 0 Å². The minimum Gasteiger partial charge on any atom is -0.368 e. The van der Waals surface area contributed by atoms with E-state index in [1.807, 2.05) is 17.0 Å². The molecule has 23 heavy (non-hydrogen) atoms. The van der Waals surface area contributed by atoms with E-state index in [-0.39, 0.29) is 36.8 Å². The van der Waals surface area contributed by atoms with Crippen molar-refractivity contribution >= 4 is 42.1 Å². The van der Waals surface area contributed by atoms with Crippen LogP contribution >= 0.6 is 24.8 Å². The Morgan fingerprint density at radius 3 is 2.48 bits per heavy atom. The Labute approximate surface area is 151 Å². The molecule has 0 bridgehead atoms. The van der Waals surface area contributed by atoms with Crippen LogP contribution in [-0.4, -0.2) is 31.6 Å². The van der Waals surface area contributed by atoms with Crippen LogP contribution in [0, 0.1) is 5.92 Å². The largest absolute Gasteiger partial charge is 0.368 e. The molecule has 2 N–H and O–H groups in total. The van der Waals surface area contributed by atoms with E-state index < -0.39 is 0 Å². The van der Waals surface area contributed by atoms with Crippen LogP contribution in [0.15, 0.2) is 24.3 Å². The van der Waals surface area contributed by atoms with Crippen molar-refractivity contribution in [1.82, 2.24) is 0 Å². The summed E-state index contributed by atoms with van der Waals surface area (Å²) >= 11 is 0. The Bertz CT molecular complexity index is 522. The van der Waals surface area contributed by atoms with Crippen LogP contribution in [-0.2, 0) is 4.79 Å². The Morgan fingerprint density at radius 2 is 1.87 bits per heavy atom. The summed E-state index contributed by atoms with van der Waals surface area (Å²) in [6.07, 6.45) is 4.39. The highest BCUT2D eigenvalue weighted by Crippen LogP contribution is 2.37. The van der Waals surface area contributed by atoms with Crippen LogP contribution in [0.3, 0.4) is 0 Å². The van der Waals surface area contributed by atoms with Gasteiger partial charge in [-0.2, -0.15) is 0 Å². The van der Waals surface area contributed by atoms with E-state index in [0.717, 1.165) is 44.1 Å². The lowest BCUT2D eigenvalue weighted by atomic mass is 10.1. The van der Waals surface area contributed by atoms with Crippen molar-refractivity contribution in [1.29, 1.82) is 0 Å². The number of hydrogen-bond donors (Lipinski definition) is 1. The Balaban J connectivity index is 0.00000132. The van der Waals surface area contributed by atoms with E-state index in [1.54, 1.807) is 0 Å². The first kappa shape index (κ1) is 20.1. The van der Waals surface area contributed by atoms with E-state index in [1.165, 1.54) is 18.5 Å². The Morgan fingerprint density at radius 1 is 1.22 bits per heavy atom. The maximum Gasteiger partial charge on any atom is 0.244 e. The van der Waals surface area contributed by atoms with Gasteiger partial charge < -0.3 is 15.5 Å². The van der Waals surface area contributed by atoms with Gasteiger partial charge in [-0.15, -0.1) is 24.8 Å². The number of fused-ring (bicyclic) bond motifs is 1. The average Bonchev–Trinajstić information content (AvgIpc) is 3.31. The van der Waals surface area contributed by atoms with Gasteiger partial charge in [0.15, 0.2) is 0 Å². The number of nitrogens with two attached hydrogens (primary N) is 1. The van der Waals surface area contributed by atoms with E-state index in [0.29, 0.717) is 0 Å². The highest BCUT2D eigenvalue weighted by molar-refractivity contribution is 6.00. The molecule has 0 radical (unpaired) electrons. The second-order valence-electron chi connectivity index (χ2n) is 6.26. The van der Waals surface area contributed by atoms with Gasteiger partial charge in [0.1, 0.15) is 0 Å². The minimum absolute atomic E-state index is 0. The molecule has 1 aromatic carbocycles. The molecule has 0 saturated heterocycles. The summed E-state index contributed by atoms with van der Waals surface area (Å²) in [6, 6.07) is 7.86. The monoisotopic (exact) mass is 359 g/mol. The molecule has 0 spiro atoms. The number of carbonyl (C=O) groups excluding carboxylic acids is 1. The van der Waals surface area contributed by atoms with Crippen molar-refractivity contribution in [2.24, 2.45) is 11.7 Å². The molecule has 130 valence electrons. The standard InChI is InChI=1S/C17H25N3O.2ClH/c1-2-5-14(18)17(21)20-11-10-19(12-13-8-9-13)15-6-3-4-7-16(15)20;;/h3-4,6-7,13-14H,2,5,8-12,18H2,1H3;2*1H. The predicted molar refractivity (Wildman–Crippen MR) is 101 cm³/mol. The maximum atomic E-state index is 12.6. The first-order valence-electron chi connectivity index (χ1n) is 8.11. The molecule has 1 atom stereocenters. The summed E-state index contributed by atoms with van der Waals surface area (Å²) in [4.78, 5) is 16.9. The van der Waals surface area contributed by atoms with E-state index in [9.17, 15) is 4.79 Å². The molecule has 1 aliphatic carbocycles. The molecule has 3 rings (SSSR count). The van der Waals surface area contributed by atoms with Gasteiger partial charge in [-0.3, -0.25) is 4.79 Å². The van der Waals surface area contributed by atoms with Gasteiger partial charge >= 0.3 is 0 Å². The van der Waals surface area contributed by atoms with Crippen molar-refractivity contribution in [3.05, 3.63) is 24.3 Å². The minimum atomic E-state index is -0.377. The molecule has 1 aliphatic heterocycles. The van der Waals surface area contributed by atoms with Crippen molar-refractivity contribution in [2.75, 3.05) is 29.4 Å². The summed E-state index contributed by atoms with van der Waals surface area (Å²) in [5, 5.41) is 0. The molecular weight excluding hydrogens is 333 g/mol. The normalized spacial score (nSPS) is 17.7. The second-order valence-corrected chi connectivity index (χ2v) is 6.26. The average molecular weight is 360 g/mol. The Kier molecular flexibility index (Phi) is 7.65. The van der Waals surface area contributed by atoms with E-state index in [4.69, 9.17) is 5.73 Å². The molecule has 0 aromatic heterocycles. The topological polar surface area (TPSA) is 49.6 Å². The summed E-state index contributed by atoms with van der Waals surface area (Å²) in [7, 11) is 0. The fraction of sp³-hybridized carbons (Fsp3) is 0.588. The van der Waals surface area contributed by atoms with Gasteiger partial charge in [0.2, 0.25) is 5.91 Å². The van der Waals surface area contributed by atoms with E-state index in [2.05, 4.69) is 24.0 Å².